The summed E-state index contributed by atoms with van der Waals surface area (Å²) >= 11 is 1.22. The minimum absolute atomic E-state index is 0.0145. The van der Waals surface area contributed by atoms with Crippen molar-refractivity contribution in [3.8, 4) is 11.5 Å². The topological polar surface area (TPSA) is 84.9 Å². The van der Waals surface area contributed by atoms with Gasteiger partial charge in [0.25, 0.3) is 0 Å². The van der Waals surface area contributed by atoms with E-state index in [2.05, 4.69) is 5.32 Å². The van der Waals surface area contributed by atoms with Gasteiger partial charge in [0, 0.05) is 12.2 Å². The van der Waals surface area contributed by atoms with Gasteiger partial charge in [-0.2, -0.15) is 0 Å². The maximum atomic E-state index is 11.6. The van der Waals surface area contributed by atoms with E-state index >= 15 is 0 Å². The number of hydrogen-bond donors (Lipinski definition) is 2. The Morgan fingerprint density at radius 1 is 1.32 bits per heavy atom. The van der Waals surface area contributed by atoms with E-state index in [0.29, 0.717) is 30.2 Å². The fourth-order valence-corrected chi connectivity index (χ4v) is 2.29. The standard InChI is InChI=1S/C15H21NO5S/c1-11(21-13-6-4-3-5-12(13)20-2)9-16-14(17)7-8-22-10-15(18)19/h3-6,11H,7-10H2,1-2H3,(H,16,17)(H,18,19)/t11-/m1/s1. The molecule has 1 rings (SSSR count). The number of methoxy groups -OCH3 is 1. The fraction of sp³-hybridized carbons (Fsp3) is 0.467. The molecule has 0 aliphatic rings. The number of carboxylic acids is 1. The van der Waals surface area contributed by atoms with Crippen LogP contribution in [-0.2, 0) is 9.59 Å². The summed E-state index contributed by atoms with van der Waals surface area (Å²) in [5, 5.41) is 11.3. The second kappa shape index (κ2) is 9.94. The van der Waals surface area contributed by atoms with Gasteiger partial charge in [0.05, 0.1) is 19.4 Å². The number of benzene rings is 1. The Bertz CT molecular complexity index is 495. The van der Waals surface area contributed by atoms with Crippen LogP contribution in [0, 0.1) is 0 Å². The monoisotopic (exact) mass is 327 g/mol. The molecule has 7 heteroatoms. The zero-order valence-corrected chi connectivity index (χ0v) is 13.5. The van der Waals surface area contributed by atoms with Gasteiger partial charge in [-0.25, -0.2) is 0 Å². The third-order valence-electron chi connectivity index (χ3n) is 2.68. The van der Waals surface area contributed by atoms with Crippen LogP contribution in [0.5, 0.6) is 11.5 Å². The van der Waals surface area contributed by atoms with Crippen molar-refractivity contribution in [2.45, 2.75) is 19.4 Å². The molecule has 0 unspecified atom stereocenters. The molecule has 0 fully saturated rings. The van der Waals surface area contributed by atoms with Crippen molar-refractivity contribution in [3.05, 3.63) is 24.3 Å². The van der Waals surface area contributed by atoms with Gasteiger partial charge in [0.2, 0.25) is 5.91 Å². The Hall–Kier alpha value is -1.89. The van der Waals surface area contributed by atoms with E-state index in [9.17, 15) is 9.59 Å². The first kappa shape index (κ1) is 18.2. The summed E-state index contributed by atoms with van der Waals surface area (Å²) in [7, 11) is 1.57. The molecule has 1 aromatic rings. The lowest BCUT2D eigenvalue weighted by Gasteiger charge is -2.17. The predicted molar refractivity (Wildman–Crippen MR) is 85.7 cm³/mol. The molecular formula is C15H21NO5S. The van der Waals surface area contributed by atoms with Gasteiger partial charge in [-0.15, -0.1) is 11.8 Å². The molecule has 0 saturated heterocycles. The summed E-state index contributed by atoms with van der Waals surface area (Å²) in [5.74, 6) is 0.785. The molecule has 0 aliphatic heterocycles. The maximum Gasteiger partial charge on any atom is 0.313 e. The minimum Gasteiger partial charge on any atom is -0.493 e. The number of carbonyl (C=O) groups excluding carboxylic acids is 1. The number of thioether (sulfide) groups is 1. The summed E-state index contributed by atoms with van der Waals surface area (Å²) in [6.07, 6.45) is 0.0891. The van der Waals surface area contributed by atoms with Crippen LogP contribution in [0.15, 0.2) is 24.3 Å². The van der Waals surface area contributed by atoms with Gasteiger partial charge in [0.15, 0.2) is 11.5 Å². The smallest absolute Gasteiger partial charge is 0.313 e. The Balaban J connectivity index is 2.26. The Kier molecular flexibility index (Phi) is 8.21. The lowest BCUT2D eigenvalue weighted by Crippen LogP contribution is -2.33. The van der Waals surface area contributed by atoms with E-state index in [0.717, 1.165) is 0 Å². The van der Waals surface area contributed by atoms with Crippen LogP contribution >= 0.6 is 11.8 Å². The lowest BCUT2D eigenvalue weighted by atomic mass is 10.3. The molecule has 122 valence electrons. The summed E-state index contributed by atoms with van der Waals surface area (Å²) in [6, 6.07) is 7.32. The van der Waals surface area contributed by atoms with E-state index < -0.39 is 5.97 Å². The number of hydrogen-bond acceptors (Lipinski definition) is 5. The first-order chi connectivity index (χ1) is 10.5. The molecular weight excluding hydrogens is 306 g/mol. The van der Waals surface area contributed by atoms with E-state index in [-0.39, 0.29) is 17.8 Å². The molecule has 6 nitrogen and oxygen atoms in total. The largest absolute Gasteiger partial charge is 0.493 e. The van der Waals surface area contributed by atoms with Gasteiger partial charge >= 0.3 is 5.97 Å². The van der Waals surface area contributed by atoms with Crippen LogP contribution in [0.25, 0.3) is 0 Å². The minimum atomic E-state index is -0.871. The molecule has 0 radical (unpaired) electrons. The Morgan fingerprint density at radius 2 is 2.00 bits per heavy atom. The zero-order chi connectivity index (χ0) is 16.4. The molecule has 22 heavy (non-hydrogen) atoms. The van der Waals surface area contributed by atoms with Crippen LogP contribution in [0.1, 0.15) is 13.3 Å². The highest BCUT2D eigenvalue weighted by molar-refractivity contribution is 7.99. The molecule has 0 saturated carbocycles. The van der Waals surface area contributed by atoms with Crippen molar-refractivity contribution in [1.29, 1.82) is 0 Å². The zero-order valence-electron chi connectivity index (χ0n) is 12.7. The molecule has 1 atom stereocenters. The number of nitrogens with one attached hydrogen (secondary N) is 1. The van der Waals surface area contributed by atoms with Crippen molar-refractivity contribution in [1.82, 2.24) is 5.32 Å². The fourth-order valence-electron chi connectivity index (χ4n) is 1.64. The van der Waals surface area contributed by atoms with Crippen LogP contribution in [0.3, 0.4) is 0 Å². The van der Waals surface area contributed by atoms with Gasteiger partial charge in [-0.05, 0) is 19.1 Å². The Morgan fingerprint density at radius 3 is 2.64 bits per heavy atom. The first-order valence-corrected chi connectivity index (χ1v) is 8.04. The van der Waals surface area contributed by atoms with Crippen molar-refractivity contribution in [3.63, 3.8) is 0 Å². The van der Waals surface area contributed by atoms with Crippen LogP contribution in [0.4, 0.5) is 0 Å². The van der Waals surface area contributed by atoms with Gasteiger partial charge in [0.1, 0.15) is 6.10 Å². The predicted octanol–water partition coefficient (Wildman–Crippen LogP) is 1.79. The number of rotatable bonds is 10. The van der Waals surface area contributed by atoms with E-state index in [1.54, 1.807) is 19.2 Å². The number of aliphatic carboxylic acids is 1. The summed E-state index contributed by atoms with van der Waals surface area (Å²) in [6.45, 7) is 2.23. The van der Waals surface area contributed by atoms with Gasteiger partial charge in [-0.3, -0.25) is 9.59 Å². The van der Waals surface area contributed by atoms with E-state index in [1.165, 1.54) is 11.8 Å². The SMILES string of the molecule is COc1ccccc1O[C@H](C)CNC(=O)CCSCC(=O)O. The molecule has 1 amide bonds. The maximum absolute atomic E-state index is 11.6. The summed E-state index contributed by atoms with van der Waals surface area (Å²) < 4.78 is 10.9. The molecule has 0 heterocycles. The number of amides is 1. The van der Waals surface area contributed by atoms with Crippen molar-refractivity contribution >= 4 is 23.6 Å². The normalized spacial score (nSPS) is 11.5. The molecule has 0 spiro atoms. The average Bonchev–Trinajstić information content (AvgIpc) is 2.50. The number of carboxylic acid groups (broad SMARTS) is 1. The third-order valence-corrected chi connectivity index (χ3v) is 3.63. The number of carbonyl (C=O) groups is 2. The second-order valence-corrected chi connectivity index (χ2v) is 5.68. The van der Waals surface area contributed by atoms with Gasteiger partial charge in [-0.1, -0.05) is 12.1 Å². The second-order valence-electron chi connectivity index (χ2n) is 4.58. The number of para-hydroxylation sites is 2. The van der Waals surface area contributed by atoms with Crippen LogP contribution in [0.2, 0.25) is 0 Å². The average molecular weight is 327 g/mol. The molecule has 1 aromatic carbocycles. The van der Waals surface area contributed by atoms with Crippen LogP contribution < -0.4 is 14.8 Å². The third kappa shape index (κ3) is 7.21. The quantitative estimate of drug-likeness (QED) is 0.637. The van der Waals surface area contributed by atoms with E-state index in [1.807, 2.05) is 19.1 Å². The summed E-state index contributed by atoms with van der Waals surface area (Å²) in [5.41, 5.74) is 0. The Labute approximate surface area is 134 Å². The molecule has 2 N–H and O–H groups in total. The highest BCUT2D eigenvalue weighted by atomic mass is 32.2. The highest BCUT2D eigenvalue weighted by Crippen LogP contribution is 2.26. The molecule has 0 aromatic heterocycles. The number of ether oxygens (including phenoxy) is 2. The van der Waals surface area contributed by atoms with Crippen molar-refractivity contribution in [2.75, 3.05) is 25.2 Å². The lowest BCUT2D eigenvalue weighted by molar-refractivity contribution is -0.134. The van der Waals surface area contributed by atoms with E-state index in [4.69, 9.17) is 14.6 Å². The molecule has 0 aliphatic carbocycles. The highest BCUT2D eigenvalue weighted by Gasteiger charge is 2.10. The van der Waals surface area contributed by atoms with Crippen molar-refractivity contribution < 1.29 is 24.2 Å². The molecule has 0 bridgehead atoms. The summed E-state index contributed by atoms with van der Waals surface area (Å²) in [4.78, 5) is 22.0. The first-order valence-electron chi connectivity index (χ1n) is 6.89. The van der Waals surface area contributed by atoms with Gasteiger partial charge < -0.3 is 19.9 Å². The van der Waals surface area contributed by atoms with Crippen LogP contribution in [-0.4, -0.2) is 48.2 Å². The van der Waals surface area contributed by atoms with Crippen molar-refractivity contribution in [2.24, 2.45) is 0 Å².